The first-order valence-corrected chi connectivity index (χ1v) is 7.40. The average Bonchev–Trinajstić information content (AvgIpc) is 3.03. The van der Waals surface area contributed by atoms with E-state index in [1.807, 2.05) is 34.3 Å². The molecule has 2 aromatic heterocycles. The summed E-state index contributed by atoms with van der Waals surface area (Å²) in [4.78, 5) is 5.43. The lowest BCUT2D eigenvalue weighted by Crippen LogP contribution is -2.02. The molecule has 0 spiro atoms. The van der Waals surface area contributed by atoms with Crippen LogP contribution in [0.3, 0.4) is 0 Å². The Kier molecular flexibility index (Phi) is 3.48. The van der Waals surface area contributed by atoms with Crippen LogP contribution in [0.4, 0.5) is 4.39 Å². The molecule has 0 amide bonds. The Labute approximate surface area is 122 Å². The zero-order chi connectivity index (χ0) is 13.2. The number of thiophene rings is 1. The summed E-state index contributed by atoms with van der Waals surface area (Å²) >= 11 is 4.89. The first kappa shape index (κ1) is 12.6. The zero-order valence-electron chi connectivity index (χ0n) is 9.88. The molecular formula is C14H10BrFN2S. The molecule has 19 heavy (non-hydrogen) atoms. The fraction of sp³-hybridized carbons (Fsp3) is 0.0714. The first-order valence-electron chi connectivity index (χ1n) is 5.73. The van der Waals surface area contributed by atoms with E-state index in [1.54, 1.807) is 23.6 Å². The van der Waals surface area contributed by atoms with Crippen molar-refractivity contribution in [2.45, 2.75) is 6.54 Å². The zero-order valence-corrected chi connectivity index (χ0v) is 12.3. The van der Waals surface area contributed by atoms with Crippen LogP contribution in [0.25, 0.3) is 10.7 Å². The van der Waals surface area contributed by atoms with E-state index < -0.39 is 0 Å². The molecule has 1 aromatic carbocycles. The second kappa shape index (κ2) is 5.27. The molecule has 0 N–H and O–H groups in total. The van der Waals surface area contributed by atoms with Crippen molar-refractivity contribution < 1.29 is 4.39 Å². The highest BCUT2D eigenvalue weighted by Crippen LogP contribution is 2.24. The van der Waals surface area contributed by atoms with Crippen molar-refractivity contribution in [3.63, 3.8) is 0 Å². The number of halogens is 2. The van der Waals surface area contributed by atoms with Gasteiger partial charge in [0.05, 0.1) is 11.4 Å². The van der Waals surface area contributed by atoms with E-state index >= 15 is 0 Å². The smallest absolute Gasteiger partial charge is 0.150 e. The second-order valence-corrected chi connectivity index (χ2v) is 5.96. The van der Waals surface area contributed by atoms with E-state index in [4.69, 9.17) is 0 Å². The van der Waals surface area contributed by atoms with Crippen LogP contribution >= 0.6 is 27.3 Å². The minimum absolute atomic E-state index is 0.208. The Morgan fingerprint density at radius 3 is 2.95 bits per heavy atom. The molecular weight excluding hydrogens is 327 g/mol. The van der Waals surface area contributed by atoms with Crippen molar-refractivity contribution in [2.24, 2.45) is 0 Å². The normalized spacial score (nSPS) is 10.8. The van der Waals surface area contributed by atoms with Crippen LogP contribution in [-0.2, 0) is 6.54 Å². The van der Waals surface area contributed by atoms with Crippen LogP contribution in [0.2, 0.25) is 0 Å². The third-order valence-corrected chi connectivity index (χ3v) is 4.17. The summed E-state index contributed by atoms with van der Waals surface area (Å²) in [5, 5.41) is 2.01. The van der Waals surface area contributed by atoms with E-state index in [1.165, 1.54) is 6.07 Å². The van der Waals surface area contributed by atoms with Gasteiger partial charge < -0.3 is 4.57 Å². The summed E-state index contributed by atoms with van der Waals surface area (Å²) in [6.07, 6.45) is 3.61. The van der Waals surface area contributed by atoms with Crippen LogP contribution in [0, 0.1) is 5.82 Å². The van der Waals surface area contributed by atoms with Crippen molar-refractivity contribution in [1.82, 2.24) is 9.55 Å². The van der Waals surface area contributed by atoms with Gasteiger partial charge >= 0.3 is 0 Å². The molecule has 0 unspecified atom stereocenters. The van der Waals surface area contributed by atoms with Gasteiger partial charge in [0.2, 0.25) is 0 Å². The molecule has 0 fully saturated rings. The third-order valence-electron chi connectivity index (χ3n) is 2.81. The lowest BCUT2D eigenvalue weighted by atomic mass is 10.2. The van der Waals surface area contributed by atoms with Gasteiger partial charge in [0, 0.05) is 22.4 Å². The average molecular weight is 337 g/mol. The molecule has 0 saturated heterocycles. The van der Waals surface area contributed by atoms with Gasteiger partial charge in [-0.15, -0.1) is 11.3 Å². The summed E-state index contributed by atoms with van der Waals surface area (Å²) in [6, 6.07) is 9.12. The molecule has 0 aliphatic carbocycles. The summed E-state index contributed by atoms with van der Waals surface area (Å²) < 4.78 is 16.6. The van der Waals surface area contributed by atoms with E-state index in [2.05, 4.69) is 20.9 Å². The standard InChI is InChI=1S/C14H10BrFN2S/c15-11-4-3-10(12(16)8-11)9-18-6-5-17-14(18)13-2-1-7-19-13/h1-8H,9H2. The second-order valence-electron chi connectivity index (χ2n) is 4.09. The van der Waals surface area contributed by atoms with Gasteiger partial charge in [-0.3, -0.25) is 0 Å². The van der Waals surface area contributed by atoms with Crippen LogP contribution < -0.4 is 0 Å². The highest BCUT2D eigenvalue weighted by Gasteiger charge is 2.09. The van der Waals surface area contributed by atoms with Crippen molar-refractivity contribution in [2.75, 3.05) is 0 Å². The topological polar surface area (TPSA) is 17.8 Å². The molecule has 3 rings (SSSR count). The van der Waals surface area contributed by atoms with Crippen molar-refractivity contribution in [3.05, 3.63) is 64.0 Å². The number of aromatic nitrogens is 2. The van der Waals surface area contributed by atoms with E-state index in [0.717, 1.165) is 15.2 Å². The Morgan fingerprint density at radius 1 is 1.32 bits per heavy atom. The van der Waals surface area contributed by atoms with Crippen LogP contribution in [-0.4, -0.2) is 9.55 Å². The summed E-state index contributed by atoms with van der Waals surface area (Å²) in [5.74, 6) is 0.664. The monoisotopic (exact) mass is 336 g/mol. The number of hydrogen-bond acceptors (Lipinski definition) is 2. The number of rotatable bonds is 3. The van der Waals surface area contributed by atoms with E-state index in [9.17, 15) is 4.39 Å². The predicted octanol–water partition coefficient (Wildman–Crippen LogP) is 4.56. The van der Waals surface area contributed by atoms with Gasteiger partial charge in [0.1, 0.15) is 11.6 Å². The largest absolute Gasteiger partial charge is 0.326 e. The van der Waals surface area contributed by atoms with Gasteiger partial charge in [-0.05, 0) is 23.6 Å². The van der Waals surface area contributed by atoms with Crippen LogP contribution in [0.15, 0.2) is 52.6 Å². The highest BCUT2D eigenvalue weighted by molar-refractivity contribution is 9.10. The SMILES string of the molecule is Fc1cc(Br)ccc1Cn1ccnc1-c1cccs1. The van der Waals surface area contributed by atoms with Crippen molar-refractivity contribution in [3.8, 4) is 10.7 Å². The maximum absolute atomic E-state index is 13.9. The molecule has 5 heteroatoms. The van der Waals surface area contributed by atoms with Gasteiger partial charge in [0.15, 0.2) is 0 Å². The Morgan fingerprint density at radius 2 is 2.21 bits per heavy atom. The number of imidazole rings is 1. The van der Waals surface area contributed by atoms with Gasteiger partial charge in [-0.1, -0.05) is 28.1 Å². The van der Waals surface area contributed by atoms with Crippen molar-refractivity contribution in [1.29, 1.82) is 0 Å². The number of hydrogen-bond donors (Lipinski definition) is 0. The molecule has 96 valence electrons. The first-order chi connectivity index (χ1) is 9.24. The van der Waals surface area contributed by atoms with Gasteiger partial charge in [0.25, 0.3) is 0 Å². The Hall–Kier alpha value is -1.46. The summed E-state index contributed by atoms with van der Waals surface area (Å²) in [6.45, 7) is 0.479. The summed E-state index contributed by atoms with van der Waals surface area (Å²) in [7, 11) is 0. The van der Waals surface area contributed by atoms with Gasteiger partial charge in [-0.2, -0.15) is 0 Å². The molecule has 0 aliphatic heterocycles. The molecule has 0 atom stereocenters. The van der Waals surface area contributed by atoms with Gasteiger partial charge in [-0.25, -0.2) is 9.37 Å². The molecule has 0 aliphatic rings. The molecule has 0 saturated carbocycles. The molecule has 2 nitrogen and oxygen atoms in total. The Balaban J connectivity index is 1.94. The van der Waals surface area contributed by atoms with E-state index in [0.29, 0.717) is 12.1 Å². The predicted molar refractivity (Wildman–Crippen MR) is 78.7 cm³/mol. The van der Waals surface area contributed by atoms with Crippen LogP contribution in [0.1, 0.15) is 5.56 Å². The van der Waals surface area contributed by atoms with Crippen molar-refractivity contribution >= 4 is 27.3 Å². The third kappa shape index (κ3) is 2.62. The molecule has 0 bridgehead atoms. The highest BCUT2D eigenvalue weighted by atomic mass is 79.9. The Bertz CT molecular complexity index is 691. The minimum Gasteiger partial charge on any atom is -0.326 e. The molecule has 3 aromatic rings. The fourth-order valence-corrected chi connectivity index (χ4v) is 2.97. The minimum atomic E-state index is -0.208. The maximum atomic E-state index is 13.9. The lowest BCUT2D eigenvalue weighted by molar-refractivity contribution is 0.599. The molecule has 2 heterocycles. The molecule has 0 radical (unpaired) electrons. The lowest BCUT2D eigenvalue weighted by Gasteiger charge is -2.08. The number of nitrogens with zero attached hydrogens (tertiary/aromatic N) is 2. The van der Waals surface area contributed by atoms with Crippen LogP contribution in [0.5, 0.6) is 0 Å². The fourth-order valence-electron chi connectivity index (χ4n) is 1.90. The number of benzene rings is 1. The quantitative estimate of drug-likeness (QED) is 0.685. The van der Waals surface area contributed by atoms with E-state index in [-0.39, 0.29) is 5.82 Å². The maximum Gasteiger partial charge on any atom is 0.150 e. The summed E-state index contributed by atoms with van der Waals surface area (Å²) in [5.41, 5.74) is 0.652.